The van der Waals surface area contributed by atoms with Gasteiger partial charge in [-0.3, -0.25) is 14.9 Å². The Morgan fingerprint density at radius 2 is 1.93 bits per heavy atom. The summed E-state index contributed by atoms with van der Waals surface area (Å²) in [6, 6.07) is 10.7. The molecule has 1 aliphatic rings. The number of H-pyrrole nitrogens is 1. The van der Waals surface area contributed by atoms with Gasteiger partial charge in [-0.2, -0.15) is 0 Å². The summed E-state index contributed by atoms with van der Waals surface area (Å²) in [5.74, 6) is 0.286. The second-order valence-electron chi connectivity index (χ2n) is 10.7. The summed E-state index contributed by atoms with van der Waals surface area (Å²) in [5.41, 5.74) is 2.11. The molecule has 218 valence electrons. The Labute approximate surface area is 239 Å². The first kappa shape index (κ1) is 29.8. The molecule has 0 radical (unpaired) electrons. The molecule has 1 saturated carbocycles. The number of benzene rings is 2. The molecule has 0 aliphatic heterocycles. The fourth-order valence-corrected chi connectivity index (χ4v) is 5.28. The molecule has 1 atom stereocenters. The van der Waals surface area contributed by atoms with E-state index in [1.165, 1.54) is 31.4 Å². The Hall–Kier alpha value is -4.21. The van der Waals surface area contributed by atoms with Crippen LogP contribution in [0.4, 0.5) is 5.69 Å². The Morgan fingerprint density at radius 3 is 2.61 bits per heavy atom. The molecular weight excluding hydrogens is 524 g/mol. The number of unbranched alkanes of at least 4 members (excludes halogenated alkanes) is 1. The normalized spacial score (nSPS) is 14.4. The molecule has 10 heteroatoms. The van der Waals surface area contributed by atoms with Crippen LogP contribution in [0.5, 0.6) is 5.75 Å². The quantitative estimate of drug-likeness (QED) is 0.114. The minimum atomic E-state index is -1.10. The summed E-state index contributed by atoms with van der Waals surface area (Å²) < 4.78 is 5.73. The van der Waals surface area contributed by atoms with Crippen molar-refractivity contribution in [3.8, 4) is 17.0 Å². The molecule has 3 aromatic rings. The van der Waals surface area contributed by atoms with E-state index in [2.05, 4.69) is 15.3 Å². The number of amides is 1. The van der Waals surface area contributed by atoms with E-state index in [-0.39, 0.29) is 17.2 Å². The maximum absolute atomic E-state index is 13.1. The third-order valence-corrected chi connectivity index (χ3v) is 7.65. The summed E-state index contributed by atoms with van der Waals surface area (Å²) in [6.07, 6.45) is 11.0. The second-order valence-corrected chi connectivity index (χ2v) is 10.7. The lowest BCUT2D eigenvalue weighted by molar-refractivity contribution is -0.384. The van der Waals surface area contributed by atoms with Crippen molar-refractivity contribution in [1.82, 2.24) is 15.3 Å². The third-order valence-electron chi connectivity index (χ3n) is 7.65. The molecule has 4 rings (SSSR count). The lowest BCUT2D eigenvalue weighted by atomic mass is 9.86. The van der Waals surface area contributed by atoms with Gasteiger partial charge in [0.25, 0.3) is 5.69 Å². The number of imidazole rings is 1. The highest BCUT2D eigenvalue weighted by molar-refractivity contribution is 5.91. The number of nitrogens with one attached hydrogen (secondary N) is 2. The number of non-ortho nitro benzene ring substituents is 1. The van der Waals surface area contributed by atoms with E-state index in [4.69, 9.17) is 4.74 Å². The molecule has 0 saturated heterocycles. The van der Waals surface area contributed by atoms with Gasteiger partial charge in [0.1, 0.15) is 17.1 Å². The van der Waals surface area contributed by atoms with Crippen LogP contribution < -0.4 is 10.1 Å². The smallest absolute Gasteiger partial charge is 0.339 e. The number of carbonyl (C=O) groups is 2. The van der Waals surface area contributed by atoms with E-state index < -0.39 is 16.9 Å². The van der Waals surface area contributed by atoms with Crippen LogP contribution in [0, 0.1) is 16.0 Å². The zero-order valence-electron chi connectivity index (χ0n) is 23.4. The van der Waals surface area contributed by atoms with E-state index in [0.717, 1.165) is 37.7 Å². The van der Waals surface area contributed by atoms with Crippen molar-refractivity contribution in [2.45, 2.75) is 77.2 Å². The second kappa shape index (κ2) is 14.4. The number of carboxylic acids is 1. The van der Waals surface area contributed by atoms with Crippen LogP contribution in [0.15, 0.2) is 48.7 Å². The van der Waals surface area contributed by atoms with Gasteiger partial charge in [0.05, 0.1) is 29.5 Å². The first-order valence-corrected chi connectivity index (χ1v) is 14.4. The molecule has 10 nitrogen and oxygen atoms in total. The van der Waals surface area contributed by atoms with Crippen molar-refractivity contribution in [2.75, 3.05) is 6.61 Å². The average Bonchev–Trinajstić information content (AvgIpc) is 3.45. The fraction of sp³-hybridized carbons (Fsp3) is 0.452. The molecule has 1 aromatic heterocycles. The van der Waals surface area contributed by atoms with Crippen LogP contribution in [0.25, 0.3) is 11.3 Å². The van der Waals surface area contributed by atoms with Crippen LogP contribution in [0.2, 0.25) is 0 Å². The summed E-state index contributed by atoms with van der Waals surface area (Å²) in [6.45, 7) is 2.46. The van der Waals surface area contributed by atoms with Crippen molar-refractivity contribution in [2.24, 2.45) is 5.92 Å². The number of aromatic nitrogens is 2. The first-order valence-electron chi connectivity index (χ1n) is 14.4. The zero-order valence-corrected chi connectivity index (χ0v) is 23.4. The van der Waals surface area contributed by atoms with E-state index in [1.807, 2.05) is 6.92 Å². The number of aromatic amines is 1. The number of nitro groups is 1. The zero-order chi connectivity index (χ0) is 29.2. The van der Waals surface area contributed by atoms with Crippen molar-refractivity contribution in [3.05, 3.63) is 75.7 Å². The highest BCUT2D eigenvalue weighted by atomic mass is 16.6. The van der Waals surface area contributed by atoms with Gasteiger partial charge in [0, 0.05) is 30.5 Å². The van der Waals surface area contributed by atoms with Gasteiger partial charge in [-0.25, -0.2) is 9.78 Å². The SMILES string of the molecule is CCCCOc1ccc(C(Cc2ncc(-c3ccc([N+](=O)[O-])cc3)[nH]2)NC(=O)CCC2CCCCC2)cc1C(=O)O. The number of hydrogen-bond acceptors (Lipinski definition) is 6. The highest BCUT2D eigenvalue weighted by Crippen LogP contribution is 2.29. The van der Waals surface area contributed by atoms with Crippen LogP contribution >= 0.6 is 0 Å². The van der Waals surface area contributed by atoms with E-state index in [9.17, 15) is 24.8 Å². The van der Waals surface area contributed by atoms with Crippen LogP contribution in [0.3, 0.4) is 0 Å². The van der Waals surface area contributed by atoms with E-state index in [1.54, 1.807) is 36.5 Å². The van der Waals surface area contributed by atoms with E-state index >= 15 is 0 Å². The topological polar surface area (TPSA) is 147 Å². The number of nitrogens with zero attached hydrogens (tertiary/aromatic N) is 2. The molecule has 1 amide bonds. The van der Waals surface area contributed by atoms with Crippen molar-refractivity contribution < 1.29 is 24.4 Å². The number of carbonyl (C=O) groups excluding carboxylic acids is 1. The van der Waals surface area contributed by atoms with Gasteiger partial charge in [0.2, 0.25) is 5.91 Å². The lowest BCUT2D eigenvalue weighted by Gasteiger charge is -2.23. The largest absolute Gasteiger partial charge is 0.493 e. The van der Waals surface area contributed by atoms with Gasteiger partial charge in [-0.15, -0.1) is 0 Å². The monoisotopic (exact) mass is 562 g/mol. The molecule has 1 fully saturated rings. The molecule has 0 spiro atoms. The highest BCUT2D eigenvalue weighted by Gasteiger charge is 2.22. The van der Waals surface area contributed by atoms with Gasteiger partial charge in [-0.05, 0) is 48.6 Å². The predicted molar refractivity (Wildman–Crippen MR) is 155 cm³/mol. The van der Waals surface area contributed by atoms with Crippen molar-refractivity contribution in [1.29, 1.82) is 0 Å². The maximum Gasteiger partial charge on any atom is 0.339 e. The minimum Gasteiger partial charge on any atom is -0.493 e. The number of ether oxygens (including phenoxy) is 1. The number of aromatic carboxylic acids is 1. The predicted octanol–water partition coefficient (Wildman–Crippen LogP) is 6.62. The van der Waals surface area contributed by atoms with Crippen molar-refractivity contribution in [3.63, 3.8) is 0 Å². The Bertz CT molecular complexity index is 1330. The van der Waals surface area contributed by atoms with E-state index in [0.29, 0.717) is 48.2 Å². The average molecular weight is 563 g/mol. The molecule has 2 aromatic carbocycles. The summed E-state index contributed by atoms with van der Waals surface area (Å²) in [5, 5.41) is 24.0. The van der Waals surface area contributed by atoms with Gasteiger partial charge >= 0.3 is 5.97 Å². The van der Waals surface area contributed by atoms with Gasteiger partial charge in [0.15, 0.2) is 0 Å². The maximum atomic E-state index is 13.1. The number of rotatable bonds is 14. The van der Waals surface area contributed by atoms with Crippen molar-refractivity contribution >= 4 is 17.6 Å². The first-order chi connectivity index (χ1) is 19.8. The Balaban J connectivity index is 1.54. The van der Waals surface area contributed by atoms with Crippen LogP contribution in [0.1, 0.15) is 92.5 Å². The summed E-state index contributed by atoms with van der Waals surface area (Å²) >= 11 is 0. The van der Waals surface area contributed by atoms with Crippen LogP contribution in [-0.2, 0) is 11.2 Å². The Morgan fingerprint density at radius 1 is 1.17 bits per heavy atom. The number of nitro benzene ring substituents is 1. The molecule has 1 unspecified atom stereocenters. The van der Waals surface area contributed by atoms with Gasteiger partial charge < -0.3 is 20.1 Å². The van der Waals surface area contributed by atoms with Gasteiger partial charge in [-0.1, -0.05) is 51.5 Å². The number of carboxylic acid groups (broad SMARTS) is 1. The molecule has 1 heterocycles. The summed E-state index contributed by atoms with van der Waals surface area (Å²) in [7, 11) is 0. The molecule has 1 aliphatic carbocycles. The number of hydrogen-bond donors (Lipinski definition) is 3. The third kappa shape index (κ3) is 8.39. The standard InChI is InChI=1S/C31H38N4O6/c1-2-3-17-41-28-15-12-23(18-25(28)31(37)38)26(34-30(36)16-9-21-7-5-4-6-8-21)19-29-32-20-27(33-29)22-10-13-24(14-11-22)35(39)40/h10-15,18,20-21,26H,2-9,16-17,19H2,1H3,(H,32,33)(H,34,36)(H,37,38). The Kier molecular flexibility index (Phi) is 10.5. The summed E-state index contributed by atoms with van der Waals surface area (Å²) in [4.78, 5) is 43.5. The van der Waals surface area contributed by atoms with Crippen LogP contribution in [-0.4, -0.2) is 38.5 Å². The lowest BCUT2D eigenvalue weighted by Crippen LogP contribution is -2.30. The fourth-order valence-electron chi connectivity index (χ4n) is 5.28. The molecule has 41 heavy (non-hydrogen) atoms. The molecule has 3 N–H and O–H groups in total. The minimum absolute atomic E-state index is 0.000784. The molecule has 0 bridgehead atoms. The molecular formula is C31H38N4O6.